The fraction of sp³-hybridized carbons (Fsp3) is 0.833. The minimum Gasteiger partial charge on any atom is -0.335 e. The normalized spacial score (nSPS) is 37.4. The molecule has 0 saturated heterocycles. The summed E-state index contributed by atoms with van der Waals surface area (Å²) in [5, 5.41) is 3.97. The van der Waals surface area contributed by atoms with E-state index in [-0.39, 0.29) is 0 Å². The maximum atomic E-state index is 4.43. The van der Waals surface area contributed by atoms with Crippen molar-refractivity contribution >= 4 is 0 Å². The first-order valence-electron chi connectivity index (χ1n) is 8.89. The molecule has 2 heterocycles. The van der Waals surface area contributed by atoms with Gasteiger partial charge in [0.15, 0.2) is 0 Å². The Morgan fingerprint density at radius 2 is 2.14 bits per heavy atom. The molecule has 1 aromatic rings. The maximum Gasteiger partial charge on any atom is 0.108 e. The number of aromatic nitrogens is 2. The molecule has 21 heavy (non-hydrogen) atoms. The SMILES string of the molecule is CC1(C)[C@H]2CCCC[C@H]2[C@@H]1NC[C@H]1CCc2nccn2C1. The third-order valence-electron chi connectivity index (χ3n) is 6.66. The van der Waals surface area contributed by atoms with E-state index in [9.17, 15) is 0 Å². The zero-order chi connectivity index (χ0) is 14.4. The average molecular weight is 287 g/mol. The minimum absolute atomic E-state index is 0.514. The van der Waals surface area contributed by atoms with Crippen molar-refractivity contribution in [2.75, 3.05) is 6.54 Å². The standard InChI is InChI=1S/C18H29N3/c1-18(2)15-6-4-3-5-14(15)17(18)20-11-13-7-8-16-19-9-10-21(16)12-13/h9-10,13-15,17,20H,3-8,11-12H2,1-2H3/t13-,14-,15+,17+/m1/s1. The van der Waals surface area contributed by atoms with Crippen molar-refractivity contribution in [2.24, 2.45) is 23.2 Å². The van der Waals surface area contributed by atoms with Crippen LogP contribution in [0.3, 0.4) is 0 Å². The van der Waals surface area contributed by atoms with Crippen LogP contribution in [0.1, 0.15) is 51.8 Å². The molecule has 2 saturated carbocycles. The maximum absolute atomic E-state index is 4.43. The first-order valence-corrected chi connectivity index (χ1v) is 8.89. The lowest BCUT2D eigenvalue weighted by atomic mass is 9.47. The van der Waals surface area contributed by atoms with E-state index in [1.165, 1.54) is 44.5 Å². The van der Waals surface area contributed by atoms with Crippen LogP contribution in [0.2, 0.25) is 0 Å². The lowest BCUT2D eigenvalue weighted by Gasteiger charge is -2.61. The highest BCUT2D eigenvalue weighted by Crippen LogP contribution is 2.57. The van der Waals surface area contributed by atoms with Gasteiger partial charge in [-0.05, 0) is 49.0 Å². The summed E-state index contributed by atoms with van der Waals surface area (Å²) >= 11 is 0. The Morgan fingerprint density at radius 1 is 1.29 bits per heavy atom. The second-order valence-electron chi connectivity index (χ2n) is 8.16. The van der Waals surface area contributed by atoms with E-state index >= 15 is 0 Å². The fourth-order valence-corrected chi connectivity index (χ4v) is 5.46. The molecule has 0 unspecified atom stereocenters. The summed E-state index contributed by atoms with van der Waals surface area (Å²) in [6, 6.07) is 0.756. The van der Waals surface area contributed by atoms with Crippen LogP contribution in [0.25, 0.3) is 0 Å². The predicted molar refractivity (Wildman–Crippen MR) is 85.1 cm³/mol. The van der Waals surface area contributed by atoms with Gasteiger partial charge < -0.3 is 9.88 Å². The smallest absolute Gasteiger partial charge is 0.108 e. The highest BCUT2D eigenvalue weighted by atomic mass is 15.1. The largest absolute Gasteiger partial charge is 0.335 e. The van der Waals surface area contributed by atoms with Gasteiger partial charge in [-0.15, -0.1) is 0 Å². The van der Waals surface area contributed by atoms with Crippen molar-refractivity contribution in [3.63, 3.8) is 0 Å². The van der Waals surface area contributed by atoms with Crippen LogP contribution in [0, 0.1) is 23.2 Å². The Hall–Kier alpha value is -0.830. The monoisotopic (exact) mass is 287 g/mol. The van der Waals surface area contributed by atoms with E-state index < -0.39 is 0 Å². The molecule has 116 valence electrons. The quantitative estimate of drug-likeness (QED) is 0.925. The number of nitrogens with zero attached hydrogens (tertiary/aromatic N) is 2. The molecule has 0 bridgehead atoms. The Kier molecular flexibility index (Phi) is 3.36. The Balaban J connectivity index is 1.35. The van der Waals surface area contributed by atoms with Crippen molar-refractivity contribution in [2.45, 2.75) is 65.0 Å². The Bertz CT molecular complexity index is 504. The van der Waals surface area contributed by atoms with Crippen LogP contribution in [-0.4, -0.2) is 22.1 Å². The van der Waals surface area contributed by atoms with E-state index in [0.717, 1.165) is 36.8 Å². The van der Waals surface area contributed by atoms with E-state index in [4.69, 9.17) is 0 Å². The molecule has 1 N–H and O–H groups in total. The molecular weight excluding hydrogens is 258 g/mol. The highest BCUT2D eigenvalue weighted by molar-refractivity contribution is 5.09. The van der Waals surface area contributed by atoms with E-state index in [1.807, 2.05) is 6.20 Å². The number of aryl methyl sites for hydroxylation is 1. The summed E-state index contributed by atoms with van der Waals surface area (Å²) in [5.41, 5.74) is 0.514. The number of hydrogen-bond acceptors (Lipinski definition) is 2. The summed E-state index contributed by atoms with van der Waals surface area (Å²) < 4.78 is 2.35. The van der Waals surface area contributed by atoms with Gasteiger partial charge in [-0.25, -0.2) is 4.98 Å². The molecule has 3 aliphatic rings. The lowest BCUT2D eigenvalue weighted by Crippen LogP contribution is -2.65. The van der Waals surface area contributed by atoms with Crippen LogP contribution >= 0.6 is 0 Å². The van der Waals surface area contributed by atoms with Gasteiger partial charge in [0.2, 0.25) is 0 Å². The van der Waals surface area contributed by atoms with E-state index in [0.29, 0.717) is 5.41 Å². The molecule has 2 fully saturated rings. The van der Waals surface area contributed by atoms with Gasteiger partial charge in [-0.2, -0.15) is 0 Å². The number of imidazole rings is 1. The molecule has 0 amide bonds. The van der Waals surface area contributed by atoms with E-state index in [1.54, 1.807) is 0 Å². The van der Waals surface area contributed by atoms with E-state index in [2.05, 4.69) is 34.9 Å². The number of rotatable bonds is 3. The molecule has 4 atom stereocenters. The summed E-state index contributed by atoms with van der Waals surface area (Å²) in [7, 11) is 0. The summed E-state index contributed by atoms with van der Waals surface area (Å²) in [4.78, 5) is 4.43. The molecule has 0 spiro atoms. The second-order valence-corrected chi connectivity index (χ2v) is 8.16. The zero-order valence-electron chi connectivity index (χ0n) is 13.5. The third kappa shape index (κ3) is 2.25. The van der Waals surface area contributed by atoms with Crippen LogP contribution in [0.5, 0.6) is 0 Å². The van der Waals surface area contributed by atoms with Crippen molar-refractivity contribution in [1.82, 2.24) is 14.9 Å². The first kappa shape index (κ1) is 13.8. The predicted octanol–water partition coefficient (Wildman–Crippen LogP) is 3.25. The van der Waals surface area contributed by atoms with Gasteiger partial charge >= 0.3 is 0 Å². The molecule has 3 heteroatoms. The van der Waals surface area contributed by atoms with Gasteiger partial charge in [0.25, 0.3) is 0 Å². The van der Waals surface area contributed by atoms with Gasteiger partial charge in [-0.1, -0.05) is 26.7 Å². The zero-order valence-corrected chi connectivity index (χ0v) is 13.5. The summed E-state index contributed by atoms with van der Waals surface area (Å²) in [6.07, 6.45) is 12.4. The van der Waals surface area contributed by atoms with Crippen LogP contribution in [0.4, 0.5) is 0 Å². The fourth-order valence-electron chi connectivity index (χ4n) is 5.46. The minimum atomic E-state index is 0.514. The van der Waals surface area contributed by atoms with Gasteiger partial charge in [0, 0.05) is 31.4 Å². The van der Waals surface area contributed by atoms with Gasteiger partial charge in [0.05, 0.1) is 0 Å². The molecule has 4 rings (SSSR count). The van der Waals surface area contributed by atoms with Crippen LogP contribution in [-0.2, 0) is 13.0 Å². The molecule has 1 aliphatic heterocycles. The highest BCUT2D eigenvalue weighted by Gasteiger charge is 2.55. The van der Waals surface area contributed by atoms with Crippen LogP contribution in [0.15, 0.2) is 12.4 Å². The number of hydrogen-bond donors (Lipinski definition) is 1. The molecule has 2 aliphatic carbocycles. The lowest BCUT2D eigenvalue weighted by molar-refractivity contribution is -0.0888. The van der Waals surface area contributed by atoms with Crippen molar-refractivity contribution < 1.29 is 0 Å². The molecule has 0 radical (unpaired) electrons. The molecule has 1 aromatic heterocycles. The van der Waals surface area contributed by atoms with Gasteiger partial charge in [-0.3, -0.25) is 0 Å². The topological polar surface area (TPSA) is 29.9 Å². The number of nitrogens with one attached hydrogen (secondary N) is 1. The van der Waals surface area contributed by atoms with Crippen molar-refractivity contribution in [3.8, 4) is 0 Å². The van der Waals surface area contributed by atoms with Crippen molar-refractivity contribution in [3.05, 3.63) is 18.2 Å². The summed E-state index contributed by atoms with van der Waals surface area (Å²) in [5.74, 6) is 4.00. The summed E-state index contributed by atoms with van der Waals surface area (Å²) in [6.45, 7) is 7.33. The molecule has 0 aromatic carbocycles. The third-order valence-corrected chi connectivity index (χ3v) is 6.66. The molecule has 3 nitrogen and oxygen atoms in total. The Labute approximate surface area is 128 Å². The molecular formula is C18H29N3. The number of fused-ring (bicyclic) bond motifs is 2. The first-order chi connectivity index (χ1) is 10.2. The average Bonchev–Trinajstić information content (AvgIpc) is 2.95. The van der Waals surface area contributed by atoms with Crippen LogP contribution < -0.4 is 5.32 Å². The van der Waals surface area contributed by atoms with Crippen molar-refractivity contribution in [1.29, 1.82) is 0 Å². The second kappa shape index (κ2) is 5.12. The Morgan fingerprint density at radius 3 is 3.05 bits per heavy atom. The van der Waals surface area contributed by atoms with Gasteiger partial charge in [0.1, 0.15) is 5.82 Å².